The highest BCUT2D eigenvalue weighted by Crippen LogP contribution is 2.30. The van der Waals surface area contributed by atoms with Gasteiger partial charge in [0, 0.05) is 6.42 Å². The van der Waals surface area contributed by atoms with Crippen molar-refractivity contribution < 1.29 is 33.9 Å². The molecule has 2 aliphatic heterocycles. The SMILES string of the molecule is COC(=O)[C@@H]1C[C@@H](O)C[NH+]1CN1C(=O)N[C@](C)(c2cccc(OC)c2)C1=O. The molecule has 1 unspecified atom stereocenters. The van der Waals surface area contributed by atoms with Crippen LogP contribution >= 0.6 is 0 Å². The van der Waals surface area contributed by atoms with Gasteiger partial charge in [0.2, 0.25) is 0 Å². The summed E-state index contributed by atoms with van der Waals surface area (Å²) in [4.78, 5) is 39.2. The lowest BCUT2D eigenvalue weighted by atomic mass is 9.92. The van der Waals surface area contributed by atoms with E-state index < -0.39 is 35.6 Å². The lowest BCUT2D eigenvalue weighted by Crippen LogP contribution is -3.16. The van der Waals surface area contributed by atoms with Gasteiger partial charge in [-0.2, -0.15) is 0 Å². The third-order valence-corrected chi connectivity index (χ3v) is 5.27. The van der Waals surface area contributed by atoms with Gasteiger partial charge in [0.15, 0.2) is 12.7 Å². The number of carbonyl (C=O) groups is 3. The largest absolute Gasteiger partial charge is 0.497 e. The minimum Gasteiger partial charge on any atom is -0.497 e. The van der Waals surface area contributed by atoms with Crippen LogP contribution in [0, 0.1) is 0 Å². The lowest BCUT2D eigenvalue weighted by molar-refractivity contribution is -0.912. The molecule has 1 aromatic carbocycles. The summed E-state index contributed by atoms with van der Waals surface area (Å²) in [6.07, 6.45) is -0.451. The van der Waals surface area contributed by atoms with Crippen LogP contribution in [0.1, 0.15) is 18.9 Å². The van der Waals surface area contributed by atoms with Crippen molar-refractivity contribution in [3.05, 3.63) is 29.8 Å². The van der Waals surface area contributed by atoms with Crippen LogP contribution in [-0.2, 0) is 19.9 Å². The predicted octanol–water partition coefficient (Wildman–Crippen LogP) is -1.39. The molecule has 146 valence electrons. The van der Waals surface area contributed by atoms with Crippen LogP contribution in [0.4, 0.5) is 4.79 Å². The second-order valence-corrected chi connectivity index (χ2v) is 7.01. The molecule has 2 heterocycles. The van der Waals surface area contributed by atoms with E-state index in [1.165, 1.54) is 14.2 Å². The molecule has 0 radical (unpaired) electrons. The topological polar surface area (TPSA) is 110 Å². The van der Waals surface area contributed by atoms with E-state index in [1.807, 2.05) is 0 Å². The van der Waals surface area contributed by atoms with Crippen molar-refractivity contribution in [2.24, 2.45) is 0 Å². The molecule has 4 atom stereocenters. The molecule has 0 aromatic heterocycles. The summed E-state index contributed by atoms with van der Waals surface area (Å²) in [5, 5.41) is 12.6. The monoisotopic (exact) mass is 378 g/mol. The molecule has 3 rings (SSSR count). The number of amides is 3. The summed E-state index contributed by atoms with van der Waals surface area (Å²) in [5.41, 5.74) is -0.631. The second kappa shape index (κ2) is 7.16. The van der Waals surface area contributed by atoms with Gasteiger partial charge < -0.3 is 24.8 Å². The molecule has 2 fully saturated rings. The van der Waals surface area contributed by atoms with E-state index in [0.29, 0.717) is 16.2 Å². The normalized spacial score (nSPS) is 30.4. The smallest absolute Gasteiger partial charge is 0.364 e. The first-order valence-electron chi connectivity index (χ1n) is 8.69. The number of ether oxygens (including phenoxy) is 2. The van der Waals surface area contributed by atoms with Gasteiger partial charge in [-0.05, 0) is 24.6 Å². The average molecular weight is 378 g/mol. The van der Waals surface area contributed by atoms with Crippen molar-refractivity contribution >= 4 is 17.9 Å². The van der Waals surface area contributed by atoms with E-state index in [1.54, 1.807) is 31.2 Å². The predicted molar refractivity (Wildman–Crippen MR) is 92.8 cm³/mol. The fourth-order valence-electron chi connectivity index (χ4n) is 3.72. The zero-order valence-electron chi connectivity index (χ0n) is 15.5. The fraction of sp³-hybridized carbons (Fsp3) is 0.500. The molecule has 3 N–H and O–H groups in total. The van der Waals surface area contributed by atoms with Crippen LogP contribution in [0.2, 0.25) is 0 Å². The van der Waals surface area contributed by atoms with E-state index in [2.05, 4.69) is 5.32 Å². The molecular weight excluding hydrogens is 354 g/mol. The van der Waals surface area contributed by atoms with Crippen LogP contribution < -0.4 is 15.0 Å². The standard InChI is InChI=1S/C18H23N3O6/c1-18(11-5-4-6-13(7-11)26-2)16(24)21(17(25)19-18)10-20-9-12(22)8-14(20)15(23)27-3/h4-7,12,14,22H,8-10H2,1-3H3,(H,19,25)/p+1/t12-,14+,18-/m1/s1. The molecule has 2 aliphatic rings. The Hall–Kier alpha value is -2.65. The second-order valence-electron chi connectivity index (χ2n) is 7.01. The number of likely N-dealkylation sites (tertiary alicyclic amines) is 1. The number of urea groups is 1. The van der Waals surface area contributed by atoms with E-state index >= 15 is 0 Å². The van der Waals surface area contributed by atoms with Crippen molar-refractivity contribution in [1.29, 1.82) is 0 Å². The quantitative estimate of drug-likeness (QED) is 0.430. The summed E-state index contributed by atoms with van der Waals surface area (Å²) in [5.74, 6) is -0.310. The number of hydrogen-bond acceptors (Lipinski definition) is 6. The highest BCUT2D eigenvalue weighted by Gasteiger charge is 2.52. The van der Waals surface area contributed by atoms with Crippen LogP contribution in [0.25, 0.3) is 0 Å². The van der Waals surface area contributed by atoms with Gasteiger partial charge in [0.25, 0.3) is 5.91 Å². The van der Waals surface area contributed by atoms with Crippen molar-refractivity contribution in [1.82, 2.24) is 10.2 Å². The number of nitrogens with one attached hydrogen (secondary N) is 2. The van der Waals surface area contributed by atoms with E-state index in [0.717, 1.165) is 4.90 Å². The molecular formula is C18H24N3O6+. The first kappa shape index (κ1) is 19.1. The van der Waals surface area contributed by atoms with Crippen LogP contribution in [0.3, 0.4) is 0 Å². The molecule has 27 heavy (non-hydrogen) atoms. The van der Waals surface area contributed by atoms with Gasteiger partial charge in [-0.25, -0.2) is 14.5 Å². The Morgan fingerprint density at radius 2 is 2.15 bits per heavy atom. The van der Waals surface area contributed by atoms with E-state index in [9.17, 15) is 19.5 Å². The van der Waals surface area contributed by atoms with Crippen molar-refractivity contribution in [3.8, 4) is 5.75 Å². The van der Waals surface area contributed by atoms with E-state index in [-0.39, 0.29) is 19.6 Å². The number of rotatable bonds is 5. The highest BCUT2D eigenvalue weighted by atomic mass is 16.5. The van der Waals surface area contributed by atoms with Crippen molar-refractivity contribution in [2.45, 2.75) is 31.0 Å². The lowest BCUT2D eigenvalue weighted by Gasteiger charge is -2.25. The summed E-state index contributed by atoms with van der Waals surface area (Å²) < 4.78 is 9.98. The zero-order chi connectivity index (χ0) is 19.8. The molecule has 3 amide bonds. The minimum absolute atomic E-state index is 0.0267. The zero-order valence-corrected chi connectivity index (χ0v) is 15.5. The molecule has 0 bridgehead atoms. The summed E-state index contributed by atoms with van der Waals surface area (Å²) in [7, 11) is 2.80. The van der Waals surface area contributed by atoms with E-state index in [4.69, 9.17) is 9.47 Å². The summed E-state index contributed by atoms with van der Waals surface area (Å²) >= 11 is 0. The maximum atomic E-state index is 13.1. The first-order chi connectivity index (χ1) is 12.8. The number of methoxy groups -OCH3 is 2. The van der Waals surface area contributed by atoms with Gasteiger partial charge in [0.05, 0.1) is 14.2 Å². The molecule has 9 heteroatoms. The fourth-order valence-corrected chi connectivity index (χ4v) is 3.72. The number of benzene rings is 1. The third-order valence-electron chi connectivity index (χ3n) is 5.27. The number of quaternary nitrogens is 1. The first-order valence-corrected chi connectivity index (χ1v) is 8.69. The Bertz CT molecular complexity index is 769. The maximum Gasteiger partial charge on any atom is 0.364 e. The number of carbonyl (C=O) groups excluding carboxylic acids is 3. The Labute approximate surface area is 156 Å². The summed E-state index contributed by atoms with van der Waals surface area (Å²) in [6, 6.07) is 5.79. The van der Waals surface area contributed by atoms with Crippen molar-refractivity contribution in [3.63, 3.8) is 0 Å². The minimum atomic E-state index is -1.23. The van der Waals surface area contributed by atoms with Gasteiger partial charge in [0.1, 0.15) is 23.9 Å². The number of esters is 1. The Morgan fingerprint density at radius 1 is 1.41 bits per heavy atom. The molecule has 0 spiro atoms. The number of aliphatic hydroxyl groups excluding tert-OH is 1. The Kier molecular flexibility index (Phi) is 5.07. The van der Waals surface area contributed by atoms with Gasteiger partial charge in [-0.3, -0.25) is 4.79 Å². The van der Waals surface area contributed by atoms with Crippen molar-refractivity contribution in [2.75, 3.05) is 27.4 Å². The van der Waals surface area contributed by atoms with Gasteiger partial charge in [-0.15, -0.1) is 0 Å². The molecule has 0 saturated carbocycles. The maximum absolute atomic E-state index is 13.1. The number of imide groups is 1. The van der Waals surface area contributed by atoms with Crippen LogP contribution in [0.15, 0.2) is 24.3 Å². The number of hydrogen-bond donors (Lipinski definition) is 3. The highest BCUT2D eigenvalue weighted by molar-refractivity contribution is 6.07. The molecule has 0 aliphatic carbocycles. The summed E-state index contributed by atoms with van der Waals surface area (Å²) in [6.45, 7) is 1.86. The molecule has 1 aromatic rings. The van der Waals surface area contributed by atoms with Crippen LogP contribution in [-0.4, -0.2) is 67.5 Å². The van der Waals surface area contributed by atoms with Crippen LogP contribution in [0.5, 0.6) is 5.75 Å². The average Bonchev–Trinajstić information content (AvgIpc) is 3.14. The molecule has 2 saturated heterocycles. The van der Waals surface area contributed by atoms with Gasteiger partial charge in [-0.1, -0.05) is 12.1 Å². The third kappa shape index (κ3) is 3.35. The Balaban J connectivity index is 1.82. The van der Waals surface area contributed by atoms with Gasteiger partial charge >= 0.3 is 12.0 Å². The Morgan fingerprint density at radius 3 is 2.81 bits per heavy atom. The number of nitrogens with zero attached hydrogens (tertiary/aromatic N) is 1. The number of aliphatic hydroxyl groups is 1. The molecule has 9 nitrogen and oxygen atoms in total.